The first-order valence-corrected chi connectivity index (χ1v) is 9.10. The average Bonchev–Trinajstić information content (AvgIpc) is 3.09. The van der Waals surface area contributed by atoms with E-state index in [2.05, 4.69) is 22.1 Å². The third-order valence-corrected chi connectivity index (χ3v) is 6.33. The van der Waals surface area contributed by atoms with Gasteiger partial charge in [0, 0.05) is 18.3 Å². The Hall–Kier alpha value is -1.72. The fourth-order valence-electron chi connectivity index (χ4n) is 3.87. The van der Waals surface area contributed by atoms with Crippen molar-refractivity contribution < 1.29 is 4.79 Å². The Labute approximate surface area is 140 Å². The third kappa shape index (κ3) is 2.79. The Morgan fingerprint density at radius 2 is 2.09 bits per heavy atom. The van der Waals surface area contributed by atoms with Crippen molar-refractivity contribution in [3.8, 4) is 10.6 Å². The van der Waals surface area contributed by atoms with Gasteiger partial charge in [-0.25, -0.2) is 0 Å². The summed E-state index contributed by atoms with van der Waals surface area (Å²) in [6.07, 6.45) is 4.20. The van der Waals surface area contributed by atoms with Crippen molar-refractivity contribution in [2.24, 2.45) is 5.92 Å². The summed E-state index contributed by atoms with van der Waals surface area (Å²) in [7, 11) is 0. The van der Waals surface area contributed by atoms with Crippen molar-refractivity contribution in [2.45, 2.75) is 31.8 Å². The van der Waals surface area contributed by atoms with Crippen LogP contribution >= 0.6 is 11.3 Å². The number of rotatable bonds is 3. The largest absolute Gasteiger partial charge is 0.347 e. The maximum absolute atomic E-state index is 12.6. The van der Waals surface area contributed by atoms with Crippen molar-refractivity contribution in [1.29, 1.82) is 0 Å². The second-order valence-corrected chi connectivity index (χ2v) is 7.58. The molecule has 0 radical (unpaired) electrons. The van der Waals surface area contributed by atoms with Crippen LogP contribution in [0.25, 0.3) is 10.6 Å². The highest BCUT2D eigenvalue weighted by Crippen LogP contribution is 2.33. The fourth-order valence-corrected chi connectivity index (χ4v) is 4.76. The average molecular weight is 327 g/mol. The molecular weight excluding hydrogens is 306 g/mol. The molecule has 23 heavy (non-hydrogen) atoms. The lowest BCUT2D eigenvalue weighted by molar-refractivity contribution is 0.0218. The summed E-state index contributed by atoms with van der Waals surface area (Å²) in [6, 6.07) is 10.5. The molecule has 5 heterocycles. The Morgan fingerprint density at radius 3 is 2.78 bits per heavy atom. The molecule has 0 aromatic carbocycles. The van der Waals surface area contributed by atoms with Gasteiger partial charge in [0.05, 0.1) is 15.4 Å². The summed E-state index contributed by atoms with van der Waals surface area (Å²) in [5.74, 6) is 0.692. The van der Waals surface area contributed by atoms with Gasteiger partial charge in [0.1, 0.15) is 0 Å². The van der Waals surface area contributed by atoms with E-state index in [1.807, 2.05) is 30.3 Å². The lowest BCUT2D eigenvalue weighted by Crippen LogP contribution is -2.62. The summed E-state index contributed by atoms with van der Waals surface area (Å²) in [5.41, 5.74) is 0.924. The van der Waals surface area contributed by atoms with E-state index in [4.69, 9.17) is 0 Å². The third-order valence-electron chi connectivity index (χ3n) is 5.22. The Balaban J connectivity index is 1.49. The molecule has 1 amide bonds. The number of carbonyl (C=O) groups excluding carboxylic acids is 1. The minimum atomic E-state index is 0.0581. The normalized spacial score (nSPS) is 29.4. The van der Waals surface area contributed by atoms with Gasteiger partial charge in [0.15, 0.2) is 0 Å². The number of carbonyl (C=O) groups is 1. The van der Waals surface area contributed by atoms with Gasteiger partial charge in [-0.05, 0) is 63.0 Å². The van der Waals surface area contributed by atoms with E-state index in [0.29, 0.717) is 12.0 Å². The summed E-state index contributed by atoms with van der Waals surface area (Å²) >= 11 is 1.52. The second kappa shape index (κ2) is 6.06. The van der Waals surface area contributed by atoms with Crippen molar-refractivity contribution in [3.63, 3.8) is 0 Å². The van der Waals surface area contributed by atoms with Gasteiger partial charge < -0.3 is 5.32 Å². The van der Waals surface area contributed by atoms with E-state index >= 15 is 0 Å². The Kier molecular flexibility index (Phi) is 3.91. The molecule has 4 nitrogen and oxygen atoms in total. The zero-order chi connectivity index (χ0) is 15.8. The molecule has 0 spiro atoms. The summed E-state index contributed by atoms with van der Waals surface area (Å²) < 4.78 is 0. The SMILES string of the molecule is CC1C(NC(=O)c2ccc(-c3ccccn3)s2)C2CCN1CC2. The second-order valence-electron chi connectivity index (χ2n) is 6.49. The van der Waals surface area contributed by atoms with E-state index in [1.165, 1.54) is 37.3 Å². The van der Waals surface area contributed by atoms with Gasteiger partial charge in [-0.15, -0.1) is 11.3 Å². The van der Waals surface area contributed by atoms with Gasteiger partial charge >= 0.3 is 0 Å². The van der Waals surface area contributed by atoms with Crippen LogP contribution in [0.4, 0.5) is 0 Å². The molecule has 120 valence electrons. The summed E-state index contributed by atoms with van der Waals surface area (Å²) in [5, 5.41) is 3.29. The van der Waals surface area contributed by atoms with Crippen LogP contribution in [-0.2, 0) is 0 Å². The molecular formula is C18H21N3OS. The number of piperidine rings is 3. The van der Waals surface area contributed by atoms with Crippen LogP contribution in [0.5, 0.6) is 0 Å². The lowest BCUT2D eigenvalue weighted by Gasteiger charge is -2.49. The van der Waals surface area contributed by atoms with Gasteiger partial charge in [-0.3, -0.25) is 14.7 Å². The number of amides is 1. The van der Waals surface area contributed by atoms with Crippen LogP contribution < -0.4 is 5.32 Å². The highest BCUT2D eigenvalue weighted by Gasteiger charge is 2.40. The number of hydrogen-bond donors (Lipinski definition) is 1. The van der Waals surface area contributed by atoms with Crippen LogP contribution in [0, 0.1) is 5.92 Å². The number of fused-ring (bicyclic) bond motifs is 3. The van der Waals surface area contributed by atoms with Crippen LogP contribution in [0.2, 0.25) is 0 Å². The van der Waals surface area contributed by atoms with E-state index in [1.54, 1.807) is 6.20 Å². The maximum Gasteiger partial charge on any atom is 0.261 e. The molecule has 5 rings (SSSR count). The lowest BCUT2D eigenvalue weighted by atomic mass is 9.79. The first-order chi connectivity index (χ1) is 11.2. The fraction of sp³-hybridized carbons (Fsp3) is 0.444. The molecule has 2 aromatic heterocycles. The Bertz CT molecular complexity index is 689. The number of hydrogen-bond acceptors (Lipinski definition) is 4. The van der Waals surface area contributed by atoms with Crippen molar-refractivity contribution in [2.75, 3.05) is 13.1 Å². The van der Waals surface area contributed by atoms with Crippen LogP contribution in [0.15, 0.2) is 36.5 Å². The van der Waals surface area contributed by atoms with Crippen molar-refractivity contribution in [3.05, 3.63) is 41.4 Å². The smallest absolute Gasteiger partial charge is 0.261 e. The molecule has 3 aliphatic rings. The van der Waals surface area contributed by atoms with Gasteiger partial charge in [0.25, 0.3) is 5.91 Å². The van der Waals surface area contributed by atoms with E-state index in [9.17, 15) is 4.79 Å². The topological polar surface area (TPSA) is 45.2 Å². The zero-order valence-electron chi connectivity index (χ0n) is 13.2. The predicted molar refractivity (Wildman–Crippen MR) is 92.6 cm³/mol. The molecule has 3 aliphatic heterocycles. The van der Waals surface area contributed by atoms with Crippen LogP contribution in [-0.4, -0.2) is 41.0 Å². The molecule has 2 unspecified atom stereocenters. The van der Waals surface area contributed by atoms with E-state index in [0.717, 1.165) is 15.4 Å². The molecule has 2 aromatic rings. The molecule has 2 bridgehead atoms. The molecule has 1 N–H and O–H groups in total. The number of pyridine rings is 1. The van der Waals surface area contributed by atoms with E-state index in [-0.39, 0.29) is 11.9 Å². The molecule has 0 saturated carbocycles. The highest BCUT2D eigenvalue weighted by molar-refractivity contribution is 7.17. The molecule has 3 saturated heterocycles. The number of nitrogens with zero attached hydrogens (tertiary/aromatic N) is 2. The minimum Gasteiger partial charge on any atom is -0.347 e. The monoisotopic (exact) mass is 327 g/mol. The van der Waals surface area contributed by atoms with E-state index < -0.39 is 0 Å². The Morgan fingerprint density at radius 1 is 1.26 bits per heavy atom. The minimum absolute atomic E-state index is 0.0581. The molecule has 5 heteroatoms. The molecule has 0 aliphatic carbocycles. The van der Waals surface area contributed by atoms with Crippen LogP contribution in [0.3, 0.4) is 0 Å². The molecule has 3 fully saturated rings. The standard InChI is InChI=1S/C18H21N3OS/c1-12-17(13-7-10-21(12)11-8-13)20-18(22)16-6-5-15(23-16)14-4-2-3-9-19-14/h2-6,9,12-13,17H,7-8,10-11H2,1H3,(H,20,22). The zero-order valence-corrected chi connectivity index (χ0v) is 14.1. The van der Waals surface area contributed by atoms with Gasteiger partial charge in [0.2, 0.25) is 0 Å². The van der Waals surface area contributed by atoms with Gasteiger partial charge in [-0.2, -0.15) is 0 Å². The predicted octanol–water partition coefficient (Wildman–Crippen LogP) is 3.02. The molecule has 2 atom stereocenters. The quantitative estimate of drug-likeness (QED) is 0.942. The number of thiophene rings is 1. The number of aromatic nitrogens is 1. The maximum atomic E-state index is 12.6. The number of nitrogens with one attached hydrogen (secondary N) is 1. The van der Waals surface area contributed by atoms with Crippen LogP contribution in [0.1, 0.15) is 29.4 Å². The summed E-state index contributed by atoms with van der Waals surface area (Å²) in [6.45, 7) is 4.60. The van der Waals surface area contributed by atoms with Gasteiger partial charge in [-0.1, -0.05) is 6.07 Å². The van der Waals surface area contributed by atoms with Crippen molar-refractivity contribution in [1.82, 2.24) is 15.2 Å². The summed E-state index contributed by atoms with van der Waals surface area (Å²) in [4.78, 5) is 21.3. The first-order valence-electron chi connectivity index (χ1n) is 8.28. The first kappa shape index (κ1) is 14.8. The highest BCUT2D eigenvalue weighted by atomic mass is 32.1. The van der Waals surface area contributed by atoms with Crippen molar-refractivity contribution >= 4 is 17.2 Å².